The summed E-state index contributed by atoms with van der Waals surface area (Å²) in [5, 5.41) is 0.510. The number of rotatable bonds is 2. The molecule has 2 heterocycles. The van der Waals surface area contributed by atoms with Crippen LogP contribution in [0.25, 0.3) is 11.1 Å². The predicted octanol–water partition coefficient (Wildman–Crippen LogP) is 3.43. The molecule has 1 aliphatic heterocycles. The molecule has 0 unspecified atom stereocenters. The number of benzene rings is 1. The number of halogens is 1. The zero-order chi connectivity index (χ0) is 16.7. The predicted molar refractivity (Wildman–Crippen MR) is 92.2 cm³/mol. The molecule has 0 spiro atoms. The van der Waals surface area contributed by atoms with Crippen LogP contribution in [0, 0.1) is 5.92 Å². The molecule has 1 saturated heterocycles. The molecule has 1 aromatic carbocycles. The maximum absolute atomic E-state index is 12.9. The number of amides is 1. The average Bonchev–Trinajstić information content (AvgIpc) is 2.89. The molecular weight excluding hydrogens is 328 g/mol. The van der Waals surface area contributed by atoms with Crippen LogP contribution in [-0.4, -0.2) is 28.0 Å². The van der Waals surface area contributed by atoms with Crippen LogP contribution >= 0.6 is 11.6 Å². The lowest BCUT2D eigenvalue weighted by molar-refractivity contribution is -0.138. The number of likely N-dealkylation sites (tertiary alicyclic amines) is 1. The third-order valence-electron chi connectivity index (χ3n) is 5.49. The minimum atomic E-state index is -0.502. The van der Waals surface area contributed by atoms with E-state index in [0.29, 0.717) is 28.1 Å². The number of hydrogen-bond donors (Lipinski definition) is 0. The summed E-state index contributed by atoms with van der Waals surface area (Å²) in [6.45, 7) is 0.840. The maximum atomic E-state index is 12.9. The SMILES string of the molecule is O=C(Cn1c(=O)oc2cc(Cl)ccc21)N1CCC[C@H]2CCCC[C@@H]21. The minimum Gasteiger partial charge on any atom is -0.408 e. The van der Waals surface area contributed by atoms with Crippen molar-refractivity contribution in [1.82, 2.24) is 9.47 Å². The first-order chi connectivity index (χ1) is 11.6. The lowest BCUT2D eigenvalue weighted by Crippen LogP contribution is -2.51. The zero-order valence-electron chi connectivity index (χ0n) is 13.5. The van der Waals surface area contributed by atoms with Crippen LogP contribution in [0.1, 0.15) is 38.5 Å². The number of nitrogens with zero attached hydrogens (tertiary/aromatic N) is 2. The molecule has 1 aliphatic carbocycles. The van der Waals surface area contributed by atoms with Crippen molar-refractivity contribution >= 4 is 28.6 Å². The summed E-state index contributed by atoms with van der Waals surface area (Å²) in [7, 11) is 0. The standard InChI is InChI=1S/C18H21ClN2O3/c19-13-7-8-15-16(10-13)24-18(23)21(15)11-17(22)20-9-3-5-12-4-1-2-6-14(12)20/h7-8,10,12,14H,1-6,9,11H2/t12-,14+/m1/s1. The smallest absolute Gasteiger partial charge is 0.408 e. The van der Waals surface area contributed by atoms with Gasteiger partial charge in [0.1, 0.15) is 6.54 Å². The van der Waals surface area contributed by atoms with Crippen LogP contribution in [0.5, 0.6) is 0 Å². The molecule has 1 aromatic heterocycles. The Morgan fingerprint density at radius 3 is 2.88 bits per heavy atom. The van der Waals surface area contributed by atoms with E-state index in [0.717, 1.165) is 19.4 Å². The Hall–Kier alpha value is -1.75. The Bertz CT molecular complexity index is 823. The first-order valence-corrected chi connectivity index (χ1v) is 9.09. The van der Waals surface area contributed by atoms with Gasteiger partial charge < -0.3 is 9.32 Å². The number of fused-ring (bicyclic) bond motifs is 2. The van der Waals surface area contributed by atoms with Crippen molar-refractivity contribution in [2.24, 2.45) is 5.92 Å². The average molecular weight is 349 g/mol. The lowest BCUT2D eigenvalue weighted by atomic mass is 9.78. The van der Waals surface area contributed by atoms with E-state index in [9.17, 15) is 9.59 Å². The fourth-order valence-corrected chi connectivity index (χ4v) is 4.51. The van der Waals surface area contributed by atoms with E-state index in [2.05, 4.69) is 0 Å². The van der Waals surface area contributed by atoms with Crippen molar-refractivity contribution in [2.75, 3.05) is 6.54 Å². The summed E-state index contributed by atoms with van der Waals surface area (Å²) < 4.78 is 6.64. The molecule has 128 valence electrons. The number of piperidine rings is 1. The van der Waals surface area contributed by atoms with Crippen molar-refractivity contribution in [1.29, 1.82) is 0 Å². The van der Waals surface area contributed by atoms with Crippen molar-refractivity contribution in [3.05, 3.63) is 33.8 Å². The van der Waals surface area contributed by atoms with Gasteiger partial charge in [-0.1, -0.05) is 24.4 Å². The van der Waals surface area contributed by atoms with Crippen molar-refractivity contribution < 1.29 is 9.21 Å². The fraction of sp³-hybridized carbons (Fsp3) is 0.556. The molecule has 2 atom stereocenters. The number of hydrogen-bond acceptors (Lipinski definition) is 3. The van der Waals surface area contributed by atoms with Gasteiger partial charge in [0.25, 0.3) is 0 Å². The number of carbonyl (C=O) groups excluding carboxylic acids is 1. The maximum Gasteiger partial charge on any atom is 0.420 e. The largest absolute Gasteiger partial charge is 0.420 e. The second-order valence-corrected chi connectivity index (χ2v) is 7.34. The van der Waals surface area contributed by atoms with Gasteiger partial charge in [0.2, 0.25) is 5.91 Å². The summed E-state index contributed by atoms with van der Waals surface area (Å²) in [6, 6.07) is 5.40. The minimum absolute atomic E-state index is 0.0198. The molecule has 0 radical (unpaired) electrons. The summed E-state index contributed by atoms with van der Waals surface area (Å²) in [4.78, 5) is 27.0. The van der Waals surface area contributed by atoms with E-state index in [1.165, 1.54) is 30.3 Å². The highest BCUT2D eigenvalue weighted by molar-refractivity contribution is 6.31. The second-order valence-electron chi connectivity index (χ2n) is 6.91. The van der Waals surface area contributed by atoms with Gasteiger partial charge >= 0.3 is 5.76 Å². The molecule has 1 saturated carbocycles. The first-order valence-electron chi connectivity index (χ1n) is 8.72. The highest BCUT2D eigenvalue weighted by Crippen LogP contribution is 2.35. The van der Waals surface area contributed by atoms with Crippen molar-refractivity contribution in [2.45, 2.75) is 51.1 Å². The molecular formula is C18H21ClN2O3. The molecule has 1 amide bonds. The number of aromatic nitrogens is 1. The van der Waals surface area contributed by atoms with Crippen LogP contribution in [0.3, 0.4) is 0 Å². The summed E-state index contributed by atoms with van der Waals surface area (Å²) >= 11 is 5.94. The first kappa shape index (κ1) is 15.8. The van der Waals surface area contributed by atoms with Crippen LogP contribution in [-0.2, 0) is 11.3 Å². The fourth-order valence-electron chi connectivity index (χ4n) is 4.35. The summed E-state index contributed by atoms with van der Waals surface area (Å²) in [5.41, 5.74) is 1.05. The Kier molecular flexibility index (Phi) is 4.12. The Morgan fingerprint density at radius 2 is 2.00 bits per heavy atom. The van der Waals surface area contributed by atoms with Gasteiger partial charge in [-0.2, -0.15) is 0 Å². The van der Waals surface area contributed by atoms with E-state index >= 15 is 0 Å². The molecule has 2 aromatic rings. The molecule has 4 rings (SSSR count). The molecule has 0 N–H and O–H groups in total. The second kappa shape index (κ2) is 6.28. The highest BCUT2D eigenvalue weighted by Gasteiger charge is 2.35. The Balaban J connectivity index is 1.60. The van der Waals surface area contributed by atoms with Crippen LogP contribution in [0.4, 0.5) is 0 Å². The van der Waals surface area contributed by atoms with Crippen molar-refractivity contribution in [3.63, 3.8) is 0 Å². The van der Waals surface area contributed by atoms with Crippen LogP contribution < -0.4 is 5.76 Å². The van der Waals surface area contributed by atoms with Gasteiger partial charge in [0.05, 0.1) is 5.52 Å². The van der Waals surface area contributed by atoms with Gasteiger partial charge in [-0.05, 0) is 43.7 Å². The zero-order valence-corrected chi connectivity index (χ0v) is 14.3. The molecule has 2 aliphatic rings. The van der Waals surface area contributed by atoms with Gasteiger partial charge in [-0.15, -0.1) is 0 Å². The van der Waals surface area contributed by atoms with E-state index in [4.69, 9.17) is 16.0 Å². The third-order valence-corrected chi connectivity index (χ3v) is 5.72. The van der Waals surface area contributed by atoms with Gasteiger partial charge in [-0.25, -0.2) is 4.79 Å². The number of carbonyl (C=O) groups is 1. The Morgan fingerprint density at radius 1 is 1.21 bits per heavy atom. The summed E-state index contributed by atoms with van der Waals surface area (Å²) in [5.74, 6) is 0.150. The van der Waals surface area contributed by atoms with E-state index in [1.54, 1.807) is 18.2 Å². The highest BCUT2D eigenvalue weighted by atomic mass is 35.5. The quantitative estimate of drug-likeness (QED) is 0.835. The topological polar surface area (TPSA) is 55.5 Å². The van der Waals surface area contributed by atoms with E-state index in [1.807, 2.05) is 4.90 Å². The van der Waals surface area contributed by atoms with Gasteiger partial charge in [0, 0.05) is 23.7 Å². The van der Waals surface area contributed by atoms with Crippen LogP contribution in [0.2, 0.25) is 5.02 Å². The lowest BCUT2D eigenvalue weighted by Gasteiger charge is -2.44. The monoisotopic (exact) mass is 348 g/mol. The Labute approximate surface area is 145 Å². The molecule has 6 heteroatoms. The molecule has 24 heavy (non-hydrogen) atoms. The molecule has 5 nitrogen and oxygen atoms in total. The normalized spacial score (nSPS) is 24.1. The van der Waals surface area contributed by atoms with E-state index in [-0.39, 0.29) is 12.5 Å². The third kappa shape index (κ3) is 2.75. The van der Waals surface area contributed by atoms with Gasteiger partial charge in [0.15, 0.2) is 5.58 Å². The van der Waals surface area contributed by atoms with Gasteiger partial charge in [-0.3, -0.25) is 9.36 Å². The van der Waals surface area contributed by atoms with E-state index < -0.39 is 5.76 Å². The summed E-state index contributed by atoms with van der Waals surface area (Å²) in [6.07, 6.45) is 7.06. The van der Waals surface area contributed by atoms with Crippen molar-refractivity contribution in [3.8, 4) is 0 Å². The molecule has 2 fully saturated rings. The molecule has 0 bridgehead atoms. The van der Waals surface area contributed by atoms with Crippen LogP contribution in [0.15, 0.2) is 27.4 Å². The number of oxazole rings is 1.